The zero-order valence-electron chi connectivity index (χ0n) is 9.03. The standard InChI is InChI=1S/C11H15ClN2O/c1-3-14(11(15)7-12)8-10-6-4-5-9(2)13-10/h4-6H,3,7-8H2,1-2H3. The van der Waals surface area contributed by atoms with E-state index in [2.05, 4.69) is 4.98 Å². The van der Waals surface area contributed by atoms with Gasteiger partial charge in [0.05, 0.1) is 12.2 Å². The van der Waals surface area contributed by atoms with E-state index in [1.807, 2.05) is 32.0 Å². The Morgan fingerprint density at radius 2 is 2.27 bits per heavy atom. The molecule has 15 heavy (non-hydrogen) atoms. The summed E-state index contributed by atoms with van der Waals surface area (Å²) in [6.45, 7) is 5.05. The van der Waals surface area contributed by atoms with Crippen molar-refractivity contribution in [3.05, 3.63) is 29.6 Å². The Bertz CT molecular complexity index is 341. The number of hydrogen-bond acceptors (Lipinski definition) is 2. The van der Waals surface area contributed by atoms with E-state index in [0.717, 1.165) is 11.4 Å². The normalized spacial score (nSPS) is 10.1. The molecule has 0 bridgehead atoms. The van der Waals surface area contributed by atoms with Crippen molar-refractivity contribution in [2.45, 2.75) is 20.4 Å². The number of pyridine rings is 1. The van der Waals surface area contributed by atoms with Gasteiger partial charge in [0.2, 0.25) is 5.91 Å². The van der Waals surface area contributed by atoms with E-state index < -0.39 is 0 Å². The summed E-state index contributed by atoms with van der Waals surface area (Å²) >= 11 is 5.51. The molecule has 0 aliphatic carbocycles. The molecule has 1 aromatic heterocycles. The van der Waals surface area contributed by atoms with Gasteiger partial charge in [-0.2, -0.15) is 0 Å². The molecule has 0 aliphatic heterocycles. The van der Waals surface area contributed by atoms with Crippen molar-refractivity contribution in [2.75, 3.05) is 12.4 Å². The molecule has 82 valence electrons. The number of aryl methyl sites for hydroxylation is 1. The molecule has 1 aromatic rings. The number of alkyl halides is 1. The highest BCUT2D eigenvalue weighted by molar-refractivity contribution is 6.27. The van der Waals surface area contributed by atoms with Crippen LogP contribution in [0.4, 0.5) is 0 Å². The summed E-state index contributed by atoms with van der Waals surface area (Å²) in [5.41, 5.74) is 1.86. The summed E-state index contributed by atoms with van der Waals surface area (Å²) < 4.78 is 0. The lowest BCUT2D eigenvalue weighted by Crippen LogP contribution is -2.31. The second-order valence-corrected chi connectivity index (χ2v) is 3.58. The molecule has 3 nitrogen and oxygen atoms in total. The van der Waals surface area contributed by atoms with Gasteiger partial charge in [0.25, 0.3) is 0 Å². The second kappa shape index (κ2) is 5.71. The predicted octanol–water partition coefficient (Wildman–Crippen LogP) is 1.98. The second-order valence-electron chi connectivity index (χ2n) is 3.31. The highest BCUT2D eigenvalue weighted by Crippen LogP contribution is 2.04. The Labute approximate surface area is 95.1 Å². The molecular weight excluding hydrogens is 212 g/mol. The van der Waals surface area contributed by atoms with Gasteiger partial charge >= 0.3 is 0 Å². The smallest absolute Gasteiger partial charge is 0.237 e. The van der Waals surface area contributed by atoms with Crippen LogP contribution in [-0.2, 0) is 11.3 Å². The summed E-state index contributed by atoms with van der Waals surface area (Å²) in [6.07, 6.45) is 0. The van der Waals surface area contributed by atoms with Crippen molar-refractivity contribution < 1.29 is 4.79 Å². The van der Waals surface area contributed by atoms with E-state index in [1.165, 1.54) is 0 Å². The van der Waals surface area contributed by atoms with E-state index in [0.29, 0.717) is 13.1 Å². The van der Waals surface area contributed by atoms with Gasteiger partial charge in [-0.1, -0.05) is 6.07 Å². The van der Waals surface area contributed by atoms with Crippen LogP contribution in [0, 0.1) is 6.92 Å². The third-order valence-corrected chi connectivity index (χ3v) is 2.38. The maximum atomic E-state index is 11.4. The molecule has 1 heterocycles. The molecule has 0 aliphatic rings. The van der Waals surface area contributed by atoms with Crippen LogP contribution >= 0.6 is 11.6 Å². The number of carbonyl (C=O) groups is 1. The largest absolute Gasteiger partial charge is 0.336 e. The fraction of sp³-hybridized carbons (Fsp3) is 0.455. The van der Waals surface area contributed by atoms with Crippen LogP contribution < -0.4 is 0 Å². The molecule has 0 saturated heterocycles. The zero-order chi connectivity index (χ0) is 11.3. The van der Waals surface area contributed by atoms with Crippen molar-refractivity contribution in [1.82, 2.24) is 9.88 Å². The summed E-state index contributed by atoms with van der Waals surface area (Å²) in [6, 6.07) is 5.79. The minimum Gasteiger partial charge on any atom is -0.336 e. The molecule has 1 rings (SSSR count). The van der Waals surface area contributed by atoms with Gasteiger partial charge in [0, 0.05) is 12.2 Å². The monoisotopic (exact) mass is 226 g/mol. The Balaban J connectivity index is 2.70. The zero-order valence-corrected chi connectivity index (χ0v) is 9.79. The van der Waals surface area contributed by atoms with E-state index in [-0.39, 0.29) is 11.8 Å². The lowest BCUT2D eigenvalue weighted by molar-refractivity contribution is -0.128. The minimum atomic E-state index is -0.0533. The van der Waals surface area contributed by atoms with Gasteiger partial charge in [-0.25, -0.2) is 0 Å². The molecule has 4 heteroatoms. The van der Waals surface area contributed by atoms with Gasteiger partial charge in [-0.15, -0.1) is 11.6 Å². The fourth-order valence-corrected chi connectivity index (χ4v) is 1.51. The molecule has 0 fully saturated rings. The van der Waals surface area contributed by atoms with Crippen LogP contribution in [0.25, 0.3) is 0 Å². The fourth-order valence-electron chi connectivity index (χ4n) is 1.34. The Hall–Kier alpha value is -1.09. The molecular formula is C11H15ClN2O. The first kappa shape index (κ1) is 12.0. The van der Waals surface area contributed by atoms with Gasteiger partial charge in [0.15, 0.2) is 0 Å². The van der Waals surface area contributed by atoms with Crippen molar-refractivity contribution in [2.24, 2.45) is 0 Å². The van der Waals surface area contributed by atoms with E-state index >= 15 is 0 Å². The van der Waals surface area contributed by atoms with Crippen LogP contribution in [-0.4, -0.2) is 28.2 Å². The Morgan fingerprint density at radius 3 is 2.80 bits per heavy atom. The van der Waals surface area contributed by atoms with E-state index in [4.69, 9.17) is 11.6 Å². The summed E-state index contributed by atoms with van der Waals surface area (Å²) in [5.74, 6) is -0.0258. The van der Waals surface area contributed by atoms with Gasteiger partial charge in [-0.3, -0.25) is 9.78 Å². The van der Waals surface area contributed by atoms with Crippen LogP contribution in [0.15, 0.2) is 18.2 Å². The Morgan fingerprint density at radius 1 is 1.53 bits per heavy atom. The first-order chi connectivity index (χ1) is 7.17. The van der Waals surface area contributed by atoms with Crippen LogP contribution in [0.2, 0.25) is 0 Å². The number of halogens is 1. The Kier molecular flexibility index (Phi) is 4.56. The van der Waals surface area contributed by atoms with Crippen molar-refractivity contribution in [1.29, 1.82) is 0 Å². The maximum absolute atomic E-state index is 11.4. The number of carbonyl (C=O) groups excluding carboxylic acids is 1. The average Bonchev–Trinajstić information content (AvgIpc) is 2.25. The predicted molar refractivity (Wildman–Crippen MR) is 60.8 cm³/mol. The lowest BCUT2D eigenvalue weighted by Gasteiger charge is -2.19. The summed E-state index contributed by atoms with van der Waals surface area (Å²) in [4.78, 5) is 17.4. The molecule has 0 aromatic carbocycles. The number of nitrogens with zero attached hydrogens (tertiary/aromatic N) is 2. The van der Waals surface area contributed by atoms with Gasteiger partial charge in [0.1, 0.15) is 5.88 Å². The number of aromatic nitrogens is 1. The minimum absolute atomic E-state index is 0.0274. The first-order valence-electron chi connectivity index (χ1n) is 4.93. The lowest BCUT2D eigenvalue weighted by atomic mass is 10.3. The van der Waals surface area contributed by atoms with Crippen LogP contribution in [0.3, 0.4) is 0 Å². The van der Waals surface area contributed by atoms with Crippen molar-refractivity contribution in [3.63, 3.8) is 0 Å². The quantitative estimate of drug-likeness (QED) is 0.736. The molecule has 0 spiro atoms. The first-order valence-corrected chi connectivity index (χ1v) is 5.47. The van der Waals surface area contributed by atoms with Crippen molar-refractivity contribution in [3.8, 4) is 0 Å². The summed E-state index contributed by atoms with van der Waals surface area (Å²) in [7, 11) is 0. The van der Waals surface area contributed by atoms with Crippen molar-refractivity contribution >= 4 is 17.5 Å². The van der Waals surface area contributed by atoms with Gasteiger partial charge < -0.3 is 4.90 Å². The van der Waals surface area contributed by atoms with E-state index in [1.54, 1.807) is 4.90 Å². The van der Waals surface area contributed by atoms with Crippen LogP contribution in [0.5, 0.6) is 0 Å². The number of hydrogen-bond donors (Lipinski definition) is 0. The molecule has 0 unspecified atom stereocenters. The molecule has 1 amide bonds. The van der Waals surface area contributed by atoms with Gasteiger partial charge in [-0.05, 0) is 26.0 Å². The number of rotatable bonds is 4. The topological polar surface area (TPSA) is 33.2 Å². The van der Waals surface area contributed by atoms with Crippen LogP contribution in [0.1, 0.15) is 18.3 Å². The average molecular weight is 227 g/mol. The molecule has 0 N–H and O–H groups in total. The summed E-state index contributed by atoms with van der Waals surface area (Å²) in [5, 5.41) is 0. The maximum Gasteiger partial charge on any atom is 0.237 e. The molecule has 0 radical (unpaired) electrons. The molecule has 0 atom stereocenters. The van der Waals surface area contributed by atoms with E-state index in [9.17, 15) is 4.79 Å². The molecule has 0 saturated carbocycles. The number of amides is 1. The third-order valence-electron chi connectivity index (χ3n) is 2.15. The third kappa shape index (κ3) is 3.51. The SMILES string of the molecule is CCN(Cc1cccc(C)n1)C(=O)CCl. The highest BCUT2D eigenvalue weighted by atomic mass is 35.5. The highest BCUT2D eigenvalue weighted by Gasteiger charge is 2.10.